The summed E-state index contributed by atoms with van der Waals surface area (Å²) >= 11 is 0. The quantitative estimate of drug-likeness (QED) is 0.699. The average molecular weight is 222 g/mol. The second kappa shape index (κ2) is 5.46. The molecule has 4 nitrogen and oxygen atoms in total. The Labute approximate surface area is 97.6 Å². The zero-order valence-corrected chi connectivity index (χ0v) is 10.3. The molecular formula is C12H22N4. The molecule has 0 atom stereocenters. The van der Waals surface area contributed by atoms with Crippen LogP contribution < -0.4 is 5.32 Å². The molecular weight excluding hydrogens is 200 g/mol. The van der Waals surface area contributed by atoms with E-state index in [1.807, 2.05) is 17.9 Å². The van der Waals surface area contributed by atoms with E-state index in [1.54, 1.807) is 0 Å². The molecule has 16 heavy (non-hydrogen) atoms. The van der Waals surface area contributed by atoms with Gasteiger partial charge in [0, 0.05) is 31.4 Å². The monoisotopic (exact) mass is 222 g/mol. The smallest absolute Gasteiger partial charge is 0.0534 e. The van der Waals surface area contributed by atoms with Crippen molar-refractivity contribution >= 4 is 0 Å². The highest BCUT2D eigenvalue weighted by Crippen LogP contribution is 2.18. The fourth-order valence-corrected chi connectivity index (χ4v) is 1.89. The van der Waals surface area contributed by atoms with E-state index in [9.17, 15) is 0 Å². The standard InChI is InChI=1S/C12H22N4/c1-15(7-3-6-13-12-4-5-12)9-11-8-14-16(2)10-11/h8,10,12-13H,3-7,9H2,1-2H3. The van der Waals surface area contributed by atoms with Gasteiger partial charge in [-0.1, -0.05) is 0 Å². The van der Waals surface area contributed by atoms with Crippen molar-refractivity contribution in [1.29, 1.82) is 0 Å². The lowest BCUT2D eigenvalue weighted by Gasteiger charge is -2.15. The highest BCUT2D eigenvalue weighted by Gasteiger charge is 2.19. The largest absolute Gasteiger partial charge is 0.314 e. The molecule has 4 heteroatoms. The third kappa shape index (κ3) is 3.94. The predicted molar refractivity (Wildman–Crippen MR) is 65.2 cm³/mol. The molecule has 1 heterocycles. The summed E-state index contributed by atoms with van der Waals surface area (Å²) in [5.74, 6) is 0. The molecule has 1 fully saturated rings. The topological polar surface area (TPSA) is 33.1 Å². The van der Waals surface area contributed by atoms with Gasteiger partial charge in [0.05, 0.1) is 6.20 Å². The van der Waals surface area contributed by atoms with Crippen LogP contribution in [0.3, 0.4) is 0 Å². The van der Waals surface area contributed by atoms with Crippen molar-refractivity contribution in [2.75, 3.05) is 20.1 Å². The molecule has 1 aromatic heterocycles. The highest BCUT2D eigenvalue weighted by atomic mass is 15.2. The van der Waals surface area contributed by atoms with E-state index in [1.165, 1.54) is 24.8 Å². The first-order chi connectivity index (χ1) is 7.74. The van der Waals surface area contributed by atoms with Crippen LogP contribution in [0.2, 0.25) is 0 Å². The second-order valence-electron chi connectivity index (χ2n) is 4.84. The van der Waals surface area contributed by atoms with Crippen LogP contribution in [0.25, 0.3) is 0 Å². The van der Waals surface area contributed by atoms with Gasteiger partial charge in [0.25, 0.3) is 0 Å². The number of hydrogen-bond donors (Lipinski definition) is 1. The zero-order valence-electron chi connectivity index (χ0n) is 10.3. The average Bonchev–Trinajstić information content (AvgIpc) is 2.98. The number of aryl methyl sites for hydroxylation is 1. The van der Waals surface area contributed by atoms with Crippen LogP contribution >= 0.6 is 0 Å². The summed E-state index contributed by atoms with van der Waals surface area (Å²) < 4.78 is 1.86. The van der Waals surface area contributed by atoms with Crippen LogP contribution in [0.4, 0.5) is 0 Å². The Morgan fingerprint density at radius 2 is 2.38 bits per heavy atom. The first-order valence-electron chi connectivity index (χ1n) is 6.13. The van der Waals surface area contributed by atoms with E-state index < -0.39 is 0 Å². The second-order valence-corrected chi connectivity index (χ2v) is 4.84. The summed E-state index contributed by atoms with van der Waals surface area (Å²) in [4.78, 5) is 2.35. The van der Waals surface area contributed by atoms with Crippen molar-refractivity contribution in [3.05, 3.63) is 18.0 Å². The Morgan fingerprint density at radius 1 is 1.56 bits per heavy atom. The van der Waals surface area contributed by atoms with Crippen molar-refractivity contribution in [2.45, 2.75) is 31.8 Å². The lowest BCUT2D eigenvalue weighted by Crippen LogP contribution is -2.24. The van der Waals surface area contributed by atoms with Gasteiger partial charge in [-0.25, -0.2) is 0 Å². The van der Waals surface area contributed by atoms with Gasteiger partial charge in [-0.2, -0.15) is 5.10 Å². The zero-order chi connectivity index (χ0) is 11.4. The molecule has 0 amide bonds. The van der Waals surface area contributed by atoms with Crippen LogP contribution in [0.5, 0.6) is 0 Å². The summed E-state index contributed by atoms with van der Waals surface area (Å²) in [7, 11) is 4.13. The first kappa shape index (κ1) is 11.6. The van der Waals surface area contributed by atoms with Gasteiger partial charge in [0.2, 0.25) is 0 Å². The summed E-state index contributed by atoms with van der Waals surface area (Å²) in [6.07, 6.45) is 8.02. The normalized spacial score (nSPS) is 15.9. The Balaban J connectivity index is 1.57. The maximum atomic E-state index is 4.18. The van der Waals surface area contributed by atoms with E-state index in [-0.39, 0.29) is 0 Å². The van der Waals surface area contributed by atoms with E-state index in [2.05, 4.69) is 28.6 Å². The van der Waals surface area contributed by atoms with Gasteiger partial charge < -0.3 is 10.2 Å². The molecule has 0 bridgehead atoms. The molecule has 1 aliphatic rings. The minimum absolute atomic E-state index is 0.837. The first-order valence-corrected chi connectivity index (χ1v) is 6.13. The molecule has 1 aromatic rings. The van der Waals surface area contributed by atoms with Gasteiger partial charge >= 0.3 is 0 Å². The summed E-state index contributed by atoms with van der Waals surface area (Å²) in [6, 6.07) is 0.837. The summed E-state index contributed by atoms with van der Waals surface area (Å²) in [6.45, 7) is 3.30. The maximum Gasteiger partial charge on any atom is 0.0534 e. The molecule has 1 N–H and O–H groups in total. The van der Waals surface area contributed by atoms with E-state index in [4.69, 9.17) is 0 Å². The molecule has 0 aromatic carbocycles. The SMILES string of the molecule is CN(CCCNC1CC1)Cc1cnn(C)c1. The number of nitrogens with one attached hydrogen (secondary N) is 1. The molecule has 0 aliphatic heterocycles. The van der Waals surface area contributed by atoms with Crippen LogP contribution in [0.15, 0.2) is 12.4 Å². The minimum atomic E-state index is 0.837. The minimum Gasteiger partial charge on any atom is -0.314 e. The van der Waals surface area contributed by atoms with Crippen LogP contribution in [0.1, 0.15) is 24.8 Å². The van der Waals surface area contributed by atoms with Crippen LogP contribution in [-0.2, 0) is 13.6 Å². The van der Waals surface area contributed by atoms with Crippen molar-refractivity contribution in [3.8, 4) is 0 Å². The van der Waals surface area contributed by atoms with Crippen LogP contribution in [-0.4, -0.2) is 40.9 Å². The van der Waals surface area contributed by atoms with Gasteiger partial charge in [-0.15, -0.1) is 0 Å². The Morgan fingerprint density at radius 3 is 3.00 bits per heavy atom. The Hall–Kier alpha value is -0.870. The fourth-order valence-electron chi connectivity index (χ4n) is 1.89. The van der Waals surface area contributed by atoms with Crippen molar-refractivity contribution in [2.24, 2.45) is 7.05 Å². The van der Waals surface area contributed by atoms with Gasteiger partial charge in [-0.05, 0) is 39.4 Å². The number of aromatic nitrogens is 2. The molecule has 1 saturated carbocycles. The van der Waals surface area contributed by atoms with E-state index in [0.717, 1.165) is 25.7 Å². The van der Waals surface area contributed by atoms with Gasteiger partial charge in [0.15, 0.2) is 0 Å². The Kier molecular flexibility index (Phi) is 3.96. The molecule has 2 rings (SSSR count). The molecule has 1 aliphatic carbocycles. The lowest BCUT2D eigenvalue weighted by atomic mass is 10.3. The van der Waals surface area contributed by atoms with Crippen molar-refractivity contribution < 1.29 is 0 Å². The number of hydrogen-bond acceptors (Lipinski definition) is 3. The maximum absolute atomic E-state index is 4.18. The van der Waals surface area contributed by atoms with Gasteiger partial charge in [-0.3, -0.25) is 4.68 Å². The number of nitrogens with zero attached hydrogens (tertiary/aromatic N) is 3. The molecule has 0 saturated heterocycles. The molecule has 90 valence electrons. The van der Waals surface area contributed by atoms with Crippen molar-refractivity contribution in [3.63, 3.8) is 0 Å². The van der Waals surface area contributed by atoms with E-state index >= 15 is 0 Å². The van der Waals surface area contributed by atoms with Gasteiger partial charge in [0.1, 0.15) is 0 Å². The summed E-state index contributed by atoms with van der Waals surface area (Å²) in [5.41, 5.74) is 1.29. The molecule has 0 unspecified atom stereocenters. The van der Waals surface area contributed by atoms with Crippen LogP contribution in [0, 0.1) is 0 Å². The third-order valence-corrected chi connectivity index (χ3v) is 2.94. The van der Waals surface area contributed by atoms with Crippen molar-refractivity contribution in [1.82, 2.24) is 20.0 Å². The molecule has 0 spiro atoms. The lowest BCUT2D eigenvalue weighted by molar-refractivity contribution is 0.319. The Bertz CT molecular complexity index is 317. The fraction of sp³-hybridized carbons (Fsp3) is 0.750. The molecule has 0 radical (unpaired) electrons. The highest BCUT2D eigenvalue weighted by molar-refractivity contribution is 5.02. The predicted octanol–water partition coefficient (Wildman–Crippen LogP) is 0.994. The number of rotatable bonds is 7. The summed E-state index contributed by atoms with van der Waals surface area (Å²) in [5, 5.41) is 7.71. The van der Waals surface area contributed by atoms with E-state index in [0.29, 0.717) is 0 Å². The third-order valence-electron chi connectivity index (χ3n) is 2.94.